The minimum absolute atomic E-state index is 0.0144. The summed E-state index contributed by atoms with van der Waals surface area (Å²) in [6.07, 6.45) is 4.50. The molecule has 0 spiro atoms. The van der Waals surface area contributed by atoms with E-state index in [1.165, 1.54) is 33.4 Å². The van der Waals surface area contributed by atoms with Crippen molar-refractivity contribution in [2.45, 2.75) is 247 Å². The second-order valence-electron chi connectivity index (χ2n) is 28.8. The number of nitrogens with two attached hydrogens (primary N) is 8. The third-order valence-corrected chi connectivity index (χ3v) is 19.9. The Bertz CT molecular complexity index is 3020. The van der Waals surface area contributed by atoms with Gasteiger partial charge >= 0.3 is 0 Å². The normalized spacial score (nSPS) is 19.1. The Balaban J connectivity index is 1.50. The van der Waals surface area contributed by atoms with Crippen molar-refractivity contribution in [3.63, 3.8) is 0 Å². The monoisotopic (exact) mass is 1610 g/mol. The minimum atomic E-state index is -1.36. The number of amides is 12. The molecule has 0 radical (unpaired) electrons. The van der Waals surface area contributed by atoms with E-state index in [1.54, 1.807) is 0 Å². The van der Waals surface area contributed by atoms with E-state index in [1.807, 2.05) is 6.92 Å². The Kier molecular flexibility index (Phi) is 46.8. The fourth-order valence-corrected chi connectivity index (χ4v) is 13.6. The molecule has 0 aliphatic carbocycles. The van der Waals surface area contributed by atoms with E-state index in [9.17, 15) is 67.7 Å². The summed E-state index contributed by atoms with van der Waals surface area (Å²) in [5, 5.41) is 41.9. The van der Waals surface area contributed by atoms with Crippen LogP contribution >= 0.6 is 0 Å². The number of hydrogen-bond donors (Lipinski definition) is 19. The van der Waals surface area contributed by atoms with Gasteiger partial charge in [-0.05, 0) is 182 Å². The number of carbonyl (C=O) groups excluding carboxylic acids is 12. The van der Waals surface area contributed by atoms with Gasteiger partial charge in [0.15, 0.2) is 11.9 Å². The van der Waals surface area contributed by atoms with Crippen molar-refractivity contribution in [3.05, 3.63) is 0 Å². The summed E-state index contributed by atoms with van der Waals surface area (Å²) in [6.45, 7) is 9.28. The number of hydroxylamine groups is 1. The van der Waals surface area contributed by atoms with Crippen LogP contribution in [0.25, 0.3) is 0 Å². The molecule has 41 nitrogen and oxygen atoms in total. The van der Waals surface area contributed by atoms with Crippen molar-refractivity contribution in [1.82, 2.24) is 67.6 Å². The van der Waals surface area contributed by atoms with Crippen LogP contribution in [0.1, 0.15) is 168 Å². The molecule has 0 bridgehead atoms. The van der Waals surface area contributed by atoms with Crippen LogP contribution in [0.4, 0.5) is 0 Å². The topological polar surface area (TPSA) is 636 Å². The molecule has 13 atom stereocenters. The maximum atomic E-state index is 14.7. The van der Waals surface area contributed by atoms with Crippen molar-refractivity contribution in [2.24, 2.45) is 55.9 Å². The fraction of sp³-hybridized carbons (Fsp3) is 0.806. The quantitative estimate of drug-likeness (QED) is 0.0116. The first-order valence-electron chi connectivity index (χ1n) is 40.2. The highest BCUT2D eigenvalue weighted by molar-refractivity contribution is 5.99. The zero-order valence-corrected chi connectivity index (χ0v) is 66.4. The Labute approximate surface area is 662 Å². The highest BCUT2D eigenvalue weighted by Crippen LogP contribution is 2.29. The lowest BCUT2D eigenvalue weighted by Crippen LogP contribution is -2.59. The van der Waals surface area contributed by atoms with E-state index in [2.05, 4.69) is 58.0 Å². The second kappa shape index (κ2) is 54.5. The zero-order chi connectivity index (χ0) is 83.2. The average molecular weight is 1610 g/mol. The van der Waals surface area contributed by atoms with E-state index in [-0.39, 0.29) is 148 Å². The van der Waals surface area contributed by atoms with Crippen LogP contribution in [0.3, 0.4) is 0 Å². The number of aliphatic imine (C=N–C) groups is 2. The Morgan fingerprint density at radius 3 is 1.24 bits per heavy atom. The molecule has 0 saturated carbocycles. The van der Waals surface area contributed by atoms with Crippen LogP contribution in [-0.2, 0) is 76.6 Å². The molecule has 0 aromatic rings. The molecular formula is C72H133N23O18. The van der Waals surface area contributed by atoms with Gasteiger partial charge in [-0.15, -0.1) is 0 Å². The molecule has 644 valence electrons. The molecule has 0 aromatic heterocycles. The minimum Gasteiger partial charge on any atom is -0.391 e. The van der Waals surface area contributed by atoms with Gasteiger partial charge < -0.3 is 137 Å². The third-order valence-electron chi connectivity index (χ3n) is 19.9. The van der Waals surface area contributed by atoms with Crippen molar-refractivity contribution in [2.75, 3.05) is 125 Å². The molecule has 4 heterocycles. The van der Waals surface area contributed by atoms with Gasteiger partial charge in [-0.3, -0.25) is 67.5 Å². The number of unbranched alkanes of at least 4 members (excludes halogenated alkanes) is 3. The third kappa shape index (κ3) is 35.2. The zero-order valence-electron chi connectivity index (χ0n) is 66.4. The first-order valence-corrected chi connectivity index (χ1v) is 40.2. The smallest absolute Gasteiger partial charge is 0.246 e. The molecule has 4 fully saturated rings. The van der Waals surface area contributed by atoms with E-state index >= 15 is 0 Å². The number of aliphatic hydroxyl groups is 2. The molecule has 4 saturated heterocycles. The summed E-state index contributed by atoms with van der Waals surface area (Å²) in [5.74, 6) is -8.03. The summed E-state index contributed by atoms with van der Waals surface area (Å²) in [7, 11) is 0. The van der Waals surface area contributed by atoms with Crippen LogP contribution in [0, 0.1) is 0 Å². The number of carbonyl (C=O) groups is 12. The van der Waals surface area contributed by atoms with E-state index in [0.717, 1.165) is 6.42 Å². The van der Waals surface area contributed by atoms with Gasteiger partial charge in [-0.2, -0.15) is 0 Å². The van der Waals surface area contributed by atoms with Gasteiger partial charge in [0, 0.05) is 72.1 Å². The van der Waals surface area contributed by atoms with Crippen molar-refractivity contribution in [1.29, 1.82) is 0 Å². The van der Waals surface area contributed by atoms with Gasteiger partial charge in [0.2, 0.25) is 70.9 Å². The number of aliphatic hydroxyl groups excluding tert-OH is 2. The molecule has 41 heteroatoms. The lowest BCUT2D eigenvalue weighted by atomic mass is 10.0. The Morgan fingerprint density at radius 2 is 0.796 bits per heavy atom. The number of rotatable bonds is 57. The molecule has 4 aliphatic heterocycles. The summed E-state index contributed by atoms with van der Waals surface area (Å²) in [6, 6.07) is -12.8. The summed E-state index contributed by atoms with van der Waals surface area (Å²) >= 11 is 0. The number of nitrogens with one attached hydrogen (secondary N) is 9. The summed E-state index contributed by atoms with van der Waals surface area (Å²) in [4.78, 5) is 188. The first kappa shape index (κ1) is 97.1. The second-order valence-corrected chi connectivity index (χ2v) is 28.8. The van der Waals surface area contributed by atoms with Crippen molar-refractivity contribution in [3.8, 4) is 0 Å². The van der Waals surface area contributed by atoms with Gasteiger partial charge in [0.05, 0.1) is 51.8 Å². The number of likely N-dealkylation sites (tertiary alicyclic amines) is 4. The summed E-state index contributed by atoms with van der Waals surface area (Å²) < 4.78 is 16.7. The highest BCUT2D eigenvalue weighted by atomic mass is 16.6. The van der Waals surface area contributed by atoms with Gasteiger partial charge in [-0.25, -0.2) is 5.48 Å². The number of nitrogens with zero attached hydrogens (tertiary/aromatic N) is 6. The molecule has 4 rings (SSSR count). The lowest BCUT2D eigenvalue weighted by Gasteiger charge is -2.33. The molecule has 4 aliphatic rings. The van der Waals surface area contributed by atoms with Crippen molar-refractivity contribution < 1.29 is 86.8 Å². The predicted octanol–water partition coefficient (Wildman–Crippen LogP) is -6.95. The predicted molar refractivity (Wildman–Crippen MR) is 418 cm³/mol. The SMILES string of the molecule is CCONCCCOCCOCCOCCCNC(=O)CNC(=O)[C@@H](CCCCNC(=O)[C@@H](CCCN=C(N)N)NC(=O)[C@@H]1CCCN1C(=O)[C@@H]1CCCN1C(=O)[C@H](CCCCN)NC(=O)[C@@H](N)[C@@H](C)O)NC(=O)[C@H](CCCN=C(N)N)NC(=O)C1CCCN1C(=O)[C@@H]1CCCN1C(=O)[C@H](CCCCN)NC(=O)[C@@H](N)[C@@H](C)O. The molecular weight excluding hydrogens is 1470 g/mol. The van der Waals surface area contributed by atoms with Gasteiger partial charge in [0.1, 0.15) is 66.5 Å². The van der Waals surface area contributed by atoms with Gasteiger partial charge in [0.25, 0.3) is 0 Å². The van der Waals surface area contributed by atoms with E-state index in [0.29, 0.717) is 124 Å². The lowest BCUT2D eigenvalue weighted by molar-refractivity contribution is -0.148. The largest absolute Gasteiger partial charge is 0.391 e. The number of guanidine groups is 2. The van der Waals surface area contributed by atoms with E-state index < -0.39 is 156 Å². The van der Waals surface area contributed by atoms with Crippen LogP contribution in [-0.4, -0.2) is 316 Å². The molecule has 1 unspecified atom stereocenters. The van der Waals surface area contributed by atoms with Crippen LogP contribution in [0.15, 0.2) is 9.98 Å². The van der Waals surface area contributed by atoms with Crippen molar-refractivity contribution >= 4 is 82.8 Å². The van der Waals surface area contributed by atoms with Gasteiger partial charge in [-0.1, -0.05) is 0 Å². The number of hydrogen-bond acceptors (Lipinski definition) is 25. The fourth-order valence-electron chi connectivity index (χ4n) is 13.6. The maximum absolute atomic E-state index is 14.7. The molecule has 113 heavy (non-hydrogen) atoms. The Hall–Kier alpha value is -8.26. The molecule has 0 aromatic carbocycles. The highest BCUT2D eigenvalue weighted by Gasteiger charge is 2.47. The maximum Gasteiger partial charge on any atom is 0.246 e. The van der Waals surface area contributed by atoms with Crippen LogP contribution in [0.2, 0.25) is 0 Å². The Morgan fingerprint density at radius 1 is 0.425 bits per heavy atom. The summed E-state index contributed by atoms with van der Waals surface area (Å²) in [5.41, 5.74) is 48.6. The van der Waals surface area contributed by atoms with E-state index in [4.69, 9.17) is 64.9 Å². The molecule has 27 N–H and O–H groups in total. The molecule has 12 amide bonds. The standard InChI is InChI=1S/C72H133N23O18/c1-4-113-86-34-18-40-111-42-44-112-43-41-110-39-17-33-81-57(98)45-85-61(100)48(87-62(101)50(23-12-32-84-72(79)80)89-64(103)54-25-14-36-93(54)70(109)56-27-16-38-95(56)68(107)52(21-6-9-29-74)91-66(105)59(76)47(3)97)19-7-10-30-82-60(99)49(22-11-31-83-71(77)78)88-63(102)53-24-13-35-92(53)69(108)55-26-15-37-94(55)67(106)51(20-5-8-28-73)90-65(104)58(75)46(2)96/h46-56,58-59,86,96-97H,4-45,73-76H2,1-3H3,(H,81,98)(H,82,99)(H,85,100)(H,87,101)(H,88,102)(H,89,103)(H,90,104)(H,91,105)(H4,77,78,83)(H4,79,80,84)/t46-,47-,48-,49-,50+,51+,52+,53+,54?,55+,56+,58+,59+/m1/s1. The first-order chi connectivity index (χ1) is 54.2. The van der Waals surface area contributed by atoms with Crippen LogP contribution in [0.5, 0.6) is 0 Å². The van der Waals surface area contributed by atoms with Crippen LogP contribution < -0.4 is 93.9 Å². The average Bonchev–Trinajstić information content (AvgIpc) is 1.67. The number of ether oxygens (including phenoxy) is 3.